The number of ether oxygens (including phenoxy) is 2. The van der Waals surface area contributed by atoms with E-state index in [1.807, 2.05) is 13.8 Å². The Morgan fingerprint density at radius 1 is 1.28 bits per heavy atom. The van der Waals surface area contributed by atoms with Gasteiger partial charge in [-0.3, -0.25) is 4.79 Å². The maximum atomic E-state index is 12.9. The zero-order valence-corrected chi connectivity index (χ0v) is 16.1. The van der Waals surface area contributed by atoms with Gasteiger partial charge in [-0.2, -0.15) is 4.31 Å². The van der Waals surface area contributed by atoms with E-state index in [0.717, 1.165) is 5.56 Å². The van der Waals surface area contributed by atoms with Gasteiger partial charge in [-0.15, -0.1) is 0 Å². The number of rotatable bonds is 6. The molecule has 0 spiro atoms. The fourth-order valence-electron chi connectivity index (χ4n) is 3.07. The van der Waals surface area contributed by atoms with Crippen molar-refractivity contribution in [2.45, 2.75) is 44.4 Å². The van der Waals surface area contributed by atoms with Crippen molar-refractivity contribution in [1.82, 2.24) is 4.31 Å². The molecule has 0 unspecified atom stereocenters. The number of benzene rings is 1. The molecule has 0 N–H and O–H groups in total. The fourth-order valence-corrected chi connectivity index (χ4v) is 4.57. The molecule has 0 aliphatic carbocycles. The highest BCUT2D eigenvalue weighted by Gasteiger charge is 2.33. The molecule has 0 atom stereocenters. The van der Waals surface area contributed by atoms with E-state index < -0.39 is 10.0 Å². The van der Waals surface area contributed by atoms with Crippen molar-refractivity contribution in [3.05, 3.63) is 23.8 Å². The molecule has 25 heavy (non-hydrogen) atoms. The van der Waals surface area contributed by atoms with Crippen molar-refractivity contribution >= 4 is 16.0 Å². The summed E-state index contributed by atoms with van der Waals surface area (Å²) in [4.78, 5) is 12.1. The first-order chi connectivity index (χ1) is 11.8. The topological polar surface area (TPSA) is 72.9 Å². The first-order valence-electron chi connectivity index (χ1n) is 8.66. The molecule has 1 fully saturated rings. The molecule has 0 saturated carbocycles. The summed E-state index contributed by atoms with van der Waals surface area (Å²) < 4.78 is 37.7. The normalized spacial score (nSPS) is 16.8. The third-order valence-electron chi connectivity index (χ3n) is 4.53. The molecule has 1 aromatic rings. The van der Waals surface area contributed by atoms with Gasteiger partial charge in [-0.05, 0) is 49.4 Å². The molecule has 1 heterocycles. The summed E-state index contributed by atoms with van der Waals surface area (Å²) in [7, 11) is -2.00. The molecule has 1 saturated heterocycles. The lowest BCUT2D eigenvalue weighted by Gasteiger charge is -2.30. The summed E-state index contributed by atoms with van der Waals surface area (Å²) in [6.07, 6.45) is 0.983. The lowest BCUT2D eigenvalue weighted by Crippen LogP contribution is -2.40. The number of esters is 1. The summed E-state index contributed by atoms with van der Waals surface area (Å²) in [5.41, 5.74) is 0.866. The van der Waals surface area contributed by atoms with Crippen LogP contribution in [0.15, 0.2) is 23.1 Å². The van der Waals surface area contributed by atoms with Crippen molar-refractivity contribution in [3.8, 4) is 5.75 Å². The molecular formula is C18H27NO5S. The van der Waals surface area contributed by atoms with Crippen molar-refractivity contribution < 1.29 is 22.7 Å². The number of hydrogen-bond donors (Lipinski definition) is 0. The maximum Gasteiger partial charge on any atom is 0.309 e. The van der Waals surface area contributed by atoms with Crippen LogP contribution < -0.4 is 4.74 Å². The van der Waals surface area contributed by atoms with Gasteiger partial charge < -0.3 is 9.47 Å². The van der Waals surface area contributed by atoms with Gasteiger partial charge in [0, 0.05) is 13.1 Å². The highest BCUT2D eigenvalue weighted by atomic mass is 32.2. The molecule has 0 amide bonds. The Hall–Kier alpha value is -1.60. The second-order valence-electron chi connectivity index (χ2n) is 6.49. The van der Waals surface area contributed by atoms with Crippen LogP contribution in [0.5, 0.6) is 5.75 Å². The molecule has 6 nitrogen and oxygen atoms in total. The minimum Gasteiger partial charge on any atom is -0.496 e. The predicted octanol–water partition coefficient (Wildman–Crippen LogP) is 2.78. The minimum absolute atomic E-state index is 0.152. The van der Waals surface area contributed by atoms with E-state index >= 15 is 0 Å². The van der Waals surface area contributed by atoms with Crippen molar-refractivity contribution in [3.63, 3.8) is 0 Å². The number of nitrogens with zero attached hydrogens (tertiary/aromatic N) is 1. The summed E-state index contributed by atoms with van der Waals surface area (Å²) >= 11 is 0. The summed E-state index contributed by atoms with van der Waals surface area (Å²) in [6, 6.07) is 4.97. The molecule has 2 rings (SSSR count). The van der Waals surface area contributed by atoms with Crippen LogP contribution in [0.1, 0.15) is 45.1 Å². The average Bonchev–Trinajstić information content (AvgIpc) is 2.61. The Bertz CT molecular complexity index is 706. The van der Waals surface area contributed by atoms with Crippen molar-refractivity contribution in [2.24, 2.45) is 5.92 Å². The van der Waals surface area contributed by atoms with E-state index in [-0.39, 0.29) is 22.7 Å². The standard InChI is InChI=1S/C18H27NO5S/c1-5-24-18(20)14-8-10-19(11-9-14)25(21,22)15-6-7-17(23-4)16(12-15)13(2)3/h6-7,12-14H,5,8-11H2,1-4H3. The second-order valence-corrected chi connectivity index (χ2v) is 8.43. The SMILES string of the molecule is CCOC(=O)C1CCN(S(=O)(=O)c2ccc(OC)c(C(C)C)c2)CC1. The van der Waals surface area contributed by atoms with Crippen molar-refractivity contribution in [1.29, 1.82) is 0 Å². The third kappa shape index (κ3) is 4.33. The van der Waals surface area contributed by atoms with Gasteiger partial charge >= 0.3 is 5.97 Å². The largest absolute Gasteiger partial charge is 0.496 e. The van der Waals surface area contributed by atoms with Gasteiger partial charge in [0.2, 0.25) is 10.0 Å². The monoisotopic (exact) mass is 369 g/mol. The molecule has 7 heteroatoms. The smallest absolute Gasteiger partial charge is 0.309 e. The molecular weight excluding hydrogens is 342 g/mol. The molecule has 0 radical (unpaired) electrons. The summed E-state index contributed by atoms with van der Waals surface area (Å²) in [5.74, 6) is 0.397. The number of carbonyl (C=O) groups is 1. The van der Waals surface area contributed by atoms with E-state index in [1.54, 1.807) is 32.2 Å². The van der Waals surface area contributed by atoms with Crippen LogP contribution in [0.4, 0.5) is 0 Å². The zero-order chi connectivity index (χ0) is 18.6. The summed E-state index contributed by atoms with van der Waals surface area (Å²) in [5, 5.41) is 0. The first kappa shape index (κ1) is 19.7. The average molecular weight is 369 g/mol. The van der Waals surface area contributed by atoms with Gasteiger partial charge in [0.15, 0.2) is 0 Å². The highest BCUT2D eigenvalue weighted by molar-refractivity contribution is 7.89. The van der Waals surface area contributed by atoms with E-state index in [2.05, 4.69) is 0 Å². The number of carbonyl (C=O) groups excluding carboxylic acids is 1. The molecule has 0 aromatic heterocycles. The van der Waals surface area contributed by atoms with Crippen LogP contribution in [0.3, 0.4) is 0 Å². The second kappa shape index (κ2) is 8.19. The van der Waals surface area contributed by atoms with E-state index in [9.17, 15) is 13.2 Å². The van der Waals surface area contributed by atoms with Gasteiger partial charge in [0.05, 0.1) is 24.5 Å². The first-order valence-corrected chi connectivity index (χ1v) is 10.1. The van der Waals surface area contributed by atoms with Crippen LogP contribution in [-0.4, -0.2) is 45.5 Å². The highest BCUT2D eigenvalue weighted by Crippen LogP contribution is 2.31. The van der Waals surface area contributed by atoms with E-state index in [4.69, 9.17) is 9.47 Å². The fraction of sp³-hybridized carbons (Fsp3) is 0.611. The van der Waals surface area contributed by atoms with Crippen LogP contribution in [0.2, 0.25) is 0 Å². The Morgan fingerprint density at radius 2 is 1.92 bits per heavy atom. The van der Waals surface area contributed by atoms with Crippen LogP contribution in [0.25, 0.3) is 0 Å². The quantitative estimate of drug-likeness (QED) is 0.721. The van der Waals surface area contributed by atoms with Gasteiger partial charge in [0.25, 0.3) is 0 Å². The van der Waals surface area contributed by atoms with Crippen LogP contribution in [0, 0.1) is 5.92 Å². The maximum absolute atomic E-state index is 12.9. The summed E-state index contributed by atoms with van der Waals surface area (Å²) in [6.45, 7) is 6.77. The lowest BCUT2D eigenvalue weighted by molar-refractivity contribution is -0.149. The van der Waals surface area contributed by atoms with E-state index in [0.29, 0.717) is 38.3 Å². The lowest BCUT2D eigenvalue weighted by atomic mass is 9.98. The molecule has 1 aliphatic heterocycles. The third-order valence-corrected chi connectivity index (χ3v) is 6.43. The number of methoxy groups -OCH3 is 1. The predicted molar refractivity (Wildman–Crippen MR) is 95.2 cm³/mol. The van der Waals surface area contributed by atoms with Gasteiger partial charge in [-0.25, -0.2) is 8.42 Å². The van der Waals surface area contributed by atoms with Gasteiger partial charge in [0.1, 0.15) is 5.75 Å². The van der Waals surface area contributed by atoms with E-state index in [1.165, 1.54) is 4.31 Å². The number of piperidine rings is 1. The van der Waals surface area contributed by atoms with Crippen LogP contribution >= 0.6 is 0 Å². The molecule has 0 bridgehead atoms. The Kier molecular flexibility index (Phi) is 6.46. The Labute approximate surface area is 150 Å². The Balaban J connectivity index is 2.17. The minimum atomic E-state index is -3.58. The number of sulfonamides is 1. The van der Waals surface area contributed by atoms with Crippen LogP contribution in [-0.2, 0) is 19.6 Å². The molecule has 140 valence electrons. The number of hydrogen-bond acceptors (Lipinski definition) is 5. The van der Waals surface area contributed by atoms with Gasteiger partial charge in [-0.1, -0.05) is 13.8 Å². The Morgan fingerprint density at radius 3 is 2.44 bits per heavy atom. The zero-order valence-electron chi connectivity index (χ0n) is 15.3. The molecule has 1 aromatic carbocycles. The van der Waals surface area contributed by atoms with Crippen molar-refractivity contribution in [2.75, 3.05) is 26.8 Å². The molecule has 1 aliphatic rings.